The third-order valence-electron chi connectivity index (χ3n) is 1.82. The minimum absolute atomic E-state index is 0.0395. The molecule has 0 aliphatic carbocycles. The van der Waals surface area contributed by atoms with Crippen molar-refractivity contribution in [3.63, 3.8) is 0 Å². The monoisotopic (exact) mass is 265 g/mol. The van der Waals surface area contributed by atoms with Crippen LogP contribution in [-0.2, 0) is 6.18 Å². The number of anilines is 1. The number of rotatable bonds is 5. The molecule has 0 amide bonds. The fraction of sp³-hybridized carbons (Fsp3) is 0.600. The molecule has 0 unspecified atom stereocenters. The Morgan fingerprint density at radius 2 is 2.00 bits per heavy atom. The highest BCUT2D eigenvalue weighted by Crippen LogP contribution is 2.30. The predicted molar refractivity (Wildman–Crippen MR) is 62.2 cm³/mol. The number of halogens is 3. The lowest BCUT2D eigenvalue weighted by Gasteiger charge is -2.10. The highest BCUT2D eigenvalue weighted by atomic mass is 32.2. The van der Waals surface area contributed by atoms with Gasteiger partial charge in [0.05, 0.1) is 0 Å². The van der Waals surface area contributed by atoms with Gasteiger partial charge in [0.2, 0.25) is 5.95 Å². The van der Waals surface area contributed by atoms with Gasteiger partial charge in [0, 0.05) is 12.6 Å². The second kappa shape index (κ2) is 6.09. The van der Waals surface area contributed by atoms with Crippen LogP contribution >= 0.6 is 11.8 Å². The molecule has 0 aromatic carbocycles. The molecule has 1 heterocycles. The van der Waals surface area contributed by atoms with Crippen LogP contribution in [0.2, 0.25) is 0 Å². The van der Waals surface area contributed by atoms with Crippen molar-refractivity contribution in [1.29, 1.82) is 0 Å². The molecule has 0 saturated carbocycles. The summed E-state index contributed by atoms with van der Waals surface area (Å²) in [6.07, 6.45) is -3.63. The van der Waals surface area contributed by atoms with Crippen LogP contribution in [0.1, 0.15) is 26.0 Å². The van der Waals surface area contributed by atoms with E-state index in [0.29, 0.717) is 17.3 Å². The molecule has 0 aliphatic rings. The van der Waals surface area contributed by atoms with Gasteiger partial charge in [0.25, 0.3) is 0 Å². The summed E-state index contributed by atoms with van der Waals surface area (Å²) in [6.45, 7) is 4.33. The van der Waals surface area contributed by atoms with Gasteiger partial charge in [-0.2, -0.15) is 13.2 Å². The van der Waals surface area contributed by atoms with Crippen LogP contribution < -0.4 is 5.32 Å². The Bertz CT molecular complexity index is 368. The highest BCUT2D eigenvalue weighted by molar-refractivity contribution is 7.99. The maximum absolute atomic E-state index is 12.6. The molecule has 3 nitrogen and oxygen atoms in total. The maximum atomic E-state index is 12.6. The summed E-state index contributed by atoms with van der Waals surface area (Å²) in [6, 6.07) is 0.977. The van der Waals surface area contributed by atoms with Crippen LogP contribution in [0.4, 0.5) is 19.1 Å². The second-order valence-electron chi connectivity index (χ2n) is 3.27. The third-order valence-corrected chi connectivity index (χ3v) is 2.61. The summed E-state index contributed by atoms with van der Waals surface area (Å²) in [4.78, 5) is 7.48. The lowest BCUT2D eigenvalue weighted by atomic mass is 10.4. The minimum atomic E-state index is -4.44. The van der Waals surface area contributed by atoms with Gasteiger partial charge in [0.15, 0.2) is 5.69 Å². The van der Waals surface area contributed by atoms with Gasteiger partial charge in [-0.15, -0.1) is 11.8 Å². The molecule has 1 rings (SSSR count). The Morgan fingerprint density at radius 1 is 1.29 bits per heavy atom. The number of aromatic nitrogens is 2. The fourth-order valence-corrected chi connectivity index (χ4v) is 1.75. The van der Waals surface area contributed by atoms with Crippen LogP contribution in [0.5, 0.6) is 0 Å². The van der Waals surface area contributed by atoms with Gasteiger partial charge in [-0.1, -0.05) is 13.8 Å². The van der Waals surface area contributed by atoms with Gasteiger partial charge >= 0.3 is 6.18 Å². The zero-order chi connectivity index (χ0) is 12.9. The number of alkyl halides is 3. The van der Waals surface area contributed by atoms with E-state index in [2.05, 4.69) is 15.3 Å². The van der Waals surface area contributed by atoms with Gasteiger partial charge in [-0.3, -0.25) is 0 Å². The molecule has 1 aromatic heterocycles. The van der Waals surface area contributed by atoms with Gasteiger partial charge in [-0.05, 0) is 12.2 Å². The molecular weight excluding hydrogens is 251 g/mol. The zero-order valence-electron chi connectivity index (χ0n) is 9.64. The second-order valence-corrected chi connectivity index (χ2v) is 4.56. The van der Waals surface area contributed by atoms with Crippen LogP contribution in [0, 0.1) is 0 Å². The molecule has 0 bridgehead atoms. The van der Waals surface area contributed by atoms with Crippen molar-refractivity contribution in [2.45, 2.75) is 31.5 Å². The summed E-state index contributed by atoms with van der Waals surface area (Å²) in [5.41, 5.74) is -0.901. The summed E-state index contributed by atoms with van der Waals surface area (Å²) in [7, 11) is 0. The van der Waals surface area contributed by atoms with Gasteiger partial charge in [0.1, 0.15) is 5.03 Å². The van der Waals surface area contributed by atoms with Gasteiger partial charge in [-0.25, -0.2) is 9.97 Å². The van der Waals surface area contributed by atoms with Crippen LogP contribution in [0.15, 0.2) is 11.1 Å². The molecule has 1 N–H and O–H groups in total. The molecule has 7 heteroatoms. The maximum Gasteiger partial charge on any atom is 0.433 e. The minimum Gasteiger partial charge on any atom is -0.354 e. The quantitative estimate of drug-likeness (QED) is 0.654. The molecular formula is C10H14F3N3S. The molecule has 0 atom stereocenters. The Hall–Kier alpha value is -0.980. The smallest absolute Gasteiger partial charge is 0.354 e. The van der Waals surface area contributed by atoms with E-state index >= 15 is 0 Å². The van der Waals surface area contributed by atoms with E-state index < -0.39 is 11.9 Å². The van der Waals surface area contributed by atoms with Crippen molar-refractivity contribution in [2.24, 2.45) is 0 Å². The van der Waals surface area contributed by atoms with Crippen molar-refractivity contribution in [1.82, 2.24) is 9.97 Å². The normalized spacial score (nSPS) is 11.6. The Kier molecular flexibility index (Phi) is 5.04. The average molecular weight is 265 g/mol. The highest BCUT2D eigenvalue weighted by Gasteiger charge is 2.33. The largest absolute Gasteiger partial charge is 0.433 e. The van der Waals surface area contributed by atoms with Crippen molar-refractivity contribution in [2.75, 3.05) is 17.6 Å². The van der Waals surface area contributed by atoms with E-state index in [0.717, 1.165) is 12.5 Å². The van der Waals surface area contributed by atoms with Gasteiger partial charge < -0.3 is 5.32 Å². The van der Waals surface area contributed by atoms with E-state index in [-0.39, 0.29) is 5.95 Å². The Labute approximate surface area is 102 Å². The first-order valence-electron chi connectivity index (χ1n) is 5.30. The SMILES string of the molecule is CCCNc1nc(SCC)cc(C(F)(F)F)n1. The summed E-state index contributed by atoms with van der Waals surface area (Å²) >= 11 is 1.26. The van der Waals surface area contributed by atoms with Crippen LogP contribution in [0.3, 0.4) is 0 Å². The number of thioether (sulfide) groups is 1. The first-order valence-corrected chi connectivity index (χ1v) is 6.28. The van der Waals surface area contributed by atoms with Crippen molar-refractivity contribution in [3.8, 4) is 0 Å². The first kappa shape index (κ1) is 14.1. The molecule has 96 valence electrons. The number of nitrogens with zero attached hydrogens (tertiary/aromatic N) is 2. The molecule has 17 heavy (non-hydrogen) atoms. The fourth-order valence-electron chi connectivity index (χ4n) is 1.11. The first-order chi connectivity index (χ1) is 7.97. The zero-order valence-corrected chi connectivity index (χ0v) is 10.5. The molecule has 0 aliphatic heterocycles. The summed E-state index contributed by atoms with van der Waals surface area (Å²) in [5, 5.41) is 3.11. The predicted octanol–water partition coefficient (Wildman–Crippen LogP) is 3.43. The topological polar surface area (TPSA) is 37.8 Å². The van der Waals surface area contributed by atoms with Crippen LogP contribution in [-0.4, -0.2) is 22.3 Å². The van der Waals surface area contributed by atoms with E-state index in [9.17, 15) is 13.2 Å². The third kappa shape index (κ3) is 4.41. The van der Waals surface area contributed by atoms with E-state index in [1.165, 1.54) is 11.8 Å². The molecule has 1 aromatic rings. The summed E-state index contributed by atoms with van der Waals surface area (Å²) in [5.74, 6) is 0.708. The van der Waals surface area contributed by atoms with E-state index in [1.54, 1.807) is 0 Å². The van der Waals surface area contributed by atoms with E-state index in [1.807, 2.05) is 13.8 Å². The standard InChI is InChI=1S/C10H14F3N3S/c1-3-5-14-9-15-7(10(11,12)13)6-8(16-9)17-4-2/h6H,3-5H2,1-2H3,(H,14,15,16). The Morgan fingerprint density at radius 3 is 2.53 bits per heavy atom. The number of hydrogen-bond acceptors (Lipinski definition) is 4. The van der Waals surface area contributed by atoms with Crippen molar-refractivity contribution in [3.05, 3.63) is 11.8 Å². The molecule has 0 fully saturated rings. The summed E-state index contributed by atoms with van der Waals surface area (Å²) < 4.78 is 37.7. The molecule has 0 saturated heterocycles. The Balaban J connectivity index is 3.01. The van der Waals surface area contributed by atoms with Crippen molar-refractivity contribution < 1.29 is 13.2 Å². The number of hydrogen-bond donors (Lipinski definition) is 1. The van der Waals surface area contributed by atoms with Crippen LogP contribution in [0.25, 0.3) is 0 Å². The molecule has 0 spiro atoms. The van der Waals surface area contributed by atoms with E-state index in [4.69, 9.17) is 0 Å². The lowest BCUT2D eigenvalue weighted by Crippen LogP contribution is -2.13. The van der Waals surface area contributed by atoms with Crippen molar-refractivity contribution >= 4 is 17.7 Å². The average Bonchev–Trinajstić information content (AvgIpc) is 2.25. The number of nitrogens with one attached hydrogen (secondary N) is 1. The molecule has 0 radical (unpaired) electrons. The lowest BCUT2D eigenvalue weighted by molar-refractivity contribution is -0.141.